The smallest absolute Gasteiger partial charge is 0.455 e. The SMILES string of the molecule is CC(=O)OC1C(O)[C@@H](COP(=O)(O)OC2C(OC(C)=O)[C@H](n3cnc4c(=O)[nH]c(N)nc43)O[C@@H]2CO)O[C@H]1n1cnc(N)nc1=O. The molecule has 0 amide bonds. The first-order chi connectivity index (χ1) is 21.7. The molecule has 3 aromatic heterocycles. The van der Waals surface area contributed by atoms with Gasteiger partial charge < -0.3 is 45.5 Å². The summed E-state index contributed by atoms with van der Waals surface area (Å²) < 4.78 is 47.3. The molecule has 46 heavy (non-hydrogen) atoms. The molecule has 23 nitrogen and oxygen atoms in total. The number of hydrogen-bond donors (Lipinski definition) is 6. The van der Waals surface area contributed by atoms with E-state index in [2.05, 4.69) is 24.9 Å². The molecule has 0 bridgehead atoms. The minimum atomic E-state index is -5.18. The molecule has 9 atom stereocenters. The lowest BCUT2D eigenvalue weighted by atomic mass is 10.1. The van der Waals surface area contributed by atoms with Crippen molar-refractivity contribution < 1.29 is 57.3 Å². The summed E-state index contributed by atoms with van der Waals surface area (Å²) in [4.78, 5) is 76.4. The van der Waals surface area contributed by atoms with Crippen molar-refractivity contribution >= 4 is 42.8 Å². The van der Waals surface area contributed by atoms with E-state index in [4.69, 9.17) is 39.5 Å². The van der Waals surface area contributed by atoms with Crippen LogP contribution in [-0.4, -0.2) is 111 Å². The van der Waals surface area contributed by atoms with E-state index >= 15 is 0 Å². The third-order valence-corrected chi connectivity index (χ3v) is 7.77. The van der Waals surface area contributed by atoms with Crippen molar-refractivity contribution in [3.05, 3.63) is 33.5 Å². The van der Waals surface area contributed by atoms with Crippen LogP contribution in [-0.2, 0) is 42.1 Å². The predicted molar refractivity (Wildman–Crippen MR) is 146 cm³/mol. The molecule has 8 N–H and O–H groups in total. The largest absolute Gasteiger partial charge is 0.472 e. The third kappa shape index (κ3) is 6.61. The highest BCUT2D eigenvalue weighted by molar-refractivity contribution is 7.47. The molecule has 250 valence electrons. The Morgan fingerprint density at radius 3 is 2.28 bits per heavy atom. The lowest BCUT2D eigenvalue weighted by molar-refractivity contribution is -0.156. The minimum Gasteiger partial charge on any atom is -0.455 e. The number of aromatic nitrogens is 7. The van der Waals surface area contributed by atoms with Crippen LogP contribution in [0.25, 0.3) is 11.2 Å². The number of aromatic amines is 1. The number of phosphoric acid groups is 1. The van der Waals surface area contributed by atoms with Gasteiger partial charge in [-0.05, 0) is 0 Å². The van der Waals surface area contributed by atoms with Gasteiger partial charge in [0, 0.05) is 13.8 Å². The van der Waals surface area contributed by atoms with Crippen LogP contribution in [0.5, 0.6) is 0 Å². The van der Waals surface area contributed by atoms with Crippen LogP contribution in [0.15, 0.2) is 22.2 Å². The molecule has 24 heteroatoms. The number of fused-ring (bicyclic) bond motifs is 1. The summed E-state index contributed by atoms with van der Waals surface area (Å²) >= 11 is 0. The number of aliphatic hydroxyl groups is 2. The number of carbonyl (C=O) groups excluding carboxylic acids is 2. The summed E-state index contributed by atoms with van der Waals surface area (Å²) in [5.41, 5.74) is 9.14. The quantitative estimate of drug-likeness (QED) is 0.0895. The van der Waals surface area contributed by atoms with Gasteiger partial charge in [0.1, 0.15) is 30.7 Å². The number of rotatable bonds is 10. The van der Waals surface area contributed by atoms with Crippen molar-refractivity contribution in [3.63, 3.8) is 0 Å². The van der Waals surface area contributed by atoms with Gasteiger partial charge in [0.05, 0.1) is 19.5 Å². The molecular formula is C22H28N9O14P. The summed E-state index contributed by atoms with van der Waals surface area (Å²) in [7, 11) is -5.18. The zero-order valence-corrected chi connectivity index (χ0v) is 24.7. The number of aliphatic hydroxyl groups excluding tert-OH is 2. The number of H-pyrrole nitrogens is 1. The number of esters is 2. The van der Waals surface area contributed by atoms with Crippen LogP contribution in [0.2, 0.25) is 0 Å². The average Bonchev–Trinajstić information content (AvgIpc) is 3.61. The second kappa shape index (κ2) is 12.8. The summed E-state index contributed by atoms with van der Waals surface area (Å²) in [6.07, 6.45) is -10.1. The van der Waals surface area contributed by atoms with Gasteiger partial charge in [0.25, 0.3) is 5.56 Å². The number of nitrogens with one attached hydrogen (secondary N) is 1. The Hall–Kier alpha value is -4.35. The minimum absolute atomic E-state index is 0.0981. The number of nitrogens with two attached hydrogens (primary N) is 2. The van der Waals surface area contributed by atoms with Gasteiger partial charge in [-0.2, -0.15) is 9.97 Å². The molecule has 2 aliphatic rings. The van der Waals surface area contributed by atoms with E-state index in [0.717, 1.165) is 35.6 Å². The summed E-state index contributed by atoms with van der Waals surface area (Å²) in [5, 5.41) is 20.8. The molecule has 5 rings (SSSR count). The van der Waals surface area contributed by atoms with E-state index in [1.54, 1.807) is 0 Å². The average molecular weight is 673 g/mol. The van der Waals surface area contributed by atoms with E-state index in [-0.39, 0.29) is 23.1 Å². The number of carbonyl (C=O) groups is 2. The summed E-state index contributed by atoms with van der Waals surface area (Å²) in [6, 6.07) is 0. The first kappa shape index (κ1) is 33.0. The zero-order chi connectivity index (χ0) is 33.5. The Balaban J connectivity index is 1.36. The molecule has 2 aliphatic heterocycles. The van der Waals surface area contributed by atoms with Crippen molar-refractivity contribution in [2.75, 3.05) is 24.7 Å². The van der Waals surface area contributed by atoms with E-state index in [1.807, 2.05) is 0 Å². The number of imidazole rings is 1. The van der Waals surface area contributed by atoms with Crippen molar-refractivity contribution in [1.29, 1.82) is 0 Å². The molecule has 0 aliphatic carbocycles. The molecule has 5 unspecified atom stereocenters. The first-order valence-corrected chi connectivity index (χ1v) is 14.7. The maximum Gasteiger partial charge on any atom is 0.472 e. The Labute approximate surface area is 255 Å². The molecule has 0 radical (unpaired) electrons. The molecule has 3 aromatic rings. The van der Waals surface area contributed by atoms with Crippen LogP contribution in [0.4, 0.5) is 11.9 Å². The second-order valence-electron chi connectivity index (χ2n) is 9.97. The normalized spacial score (nSPS) is 29.1. The standard InChI is InChI=1S/C22H28N9O14P/c1-7(33)41-14-12(35)10(44-18(14)31-6-26-20(23)29-22(31)37)4-40-46(38,39)45-13-9(3-32)43-19(15(13)42-8(2)34)30-5-25-11-16(30)27-21(24)28-17(11)36/h5-6,9-10,12-15,18-19,32,35H,3-4H2,1-2H3,(H,38,39)(H2,23,29,37)(H3,24,27,28,36)/t9-,10-,12?,13?,14?,15?,18-,19-/m1/s1. The Bertz CT molecular complexity index is 1800. The maximum atomic E-state index is 13.2. The summed E-state index contributed by atoms with van der Waals surface area (Å²) in [5.74, 6) is -2.36. The molecular weight excluding hydrogens is 645 g/mol. The highest BCUT2D eigenvalue weighted by Crippen LogP contribution is 2.50. The Morgan fingerprint density at radius 1 is 1.00 bits per heavy atom. The lowest BCUT2D eigenvalue weighted by Crippen LogP contribution is -2.40. The Kier molecular flexibility index (Phi) is 9.19. The fourth-order valence-corrected chi connectivity index (χ4v) is 5.89. The molecule has 0 aromatic carbocycles. The fraction of sp³-hybridized carbons (Fsp3) is 0.545. The zero-order valence-electron chi connectivity index (χ0n) is 23.8. The number of nitrogen functional groups attached to an aromatic ring is 2. The second-order valence-corrected chi connectivity index (χ2v) is 11.4. The van der Waals surface area contributed by atoms with Crippen molar-refractivity contribution in [2.24, 2.45) is 0 Å². The number of ether oxygens (including phenoxy) is 4. The molecule has 5 heterocycles. The van der Waals surface area contributed by atoms with Gasteiger partial charge in [-0.1, -0.05) is 0 Å². The van der Waals surface area contributed by atoms with Crippen molar-refractivity contribution in [3.8, 4) is 0 Å². The number of hydrogen-bond acceptors (Lipinski definition) is 19. The van der Waals surface area contributed by atoms with E-state index in [9.17, 15) is 38.8 Å². The van der Waals surface area contributed by atoms with Gasteiger partial charge in [0.2, 0.25) is 11.9 Å². The van der Waals surface area contributed by atoms with Gasteiger partial charge in [-0.15, -0.1) is 0 Å². The summed E-state index contributed by atoms with van der Waals surface area (Å²) in [6.45, 7) is 0.394. The highest BCUT2D eigenvalue weighted by Gasteiger charge is 2.53. The lowest BCUT2D eigenvalue weighted by Gasteiger charge is -2.26. The molecule has 0 saturated carbocycles. The molecule has 0 spiro atoms. The maximum absolute atomic E-state index is 13.2. The van der Waals surface area contributed by atoms with Gasteiger partial charge in [0.15, 0.2) is 35.8 Å². The molecule has 2 saturated heterocycles. The topological polar surface area (TPSA) is 331 Å². The monoisotopic (exact) mass is 673 g/mol. The van der Waals surface area contributed by atoms with Crippen molar-refractivity contribution in [1.82, 2.24) is 34.1 Å². The van der Waals surface area contributed by atoms with Gasteiger partial charge >= 0.3 is 25.5 Å². The van der Waals surface area contributed by atoms with Gasteiger partial charge in [-0.25, -0.2) is 19.3 Å². The Morgan fingerprint density at radius 2 is 1.63 bits per heavy atom. The van der Waals surface area contributed by atoms with Crippen LogP contribution >= 0.6 is 7.82 Å². The van der Waals surface area contributed by atoms with Crippen LogP contribution < -0.4 is 22.7 Å². The highest BCUT2D eigenvalue weighted by atomic mass is 31.2. The number of phosphoric ester groups is 1. The molecule has 2 fully saturated rings. The predicted octanol–water partition coefficient (Wildman–Crippen LogP) is -3.55. The van der Waals surface area contributed by atoms with Crippen molar-refractivity contribution in [2.45, 2.75) is 62.9 Å². The van der Waals surface area contributed by atoms with Crippen LogP contribution in [0.3, 0.4) is 0 Å². The number of nitrogens with zero attached hydrogens (tertiary/aromatic N) is 6. The third-order valence-electron chi connectivity index (χ3n) is 6.78. The van der Waals surface area contributed by atoms with Crippen LogP contribution in [0.1, 0.15) is 26.3 Å². The first-order valence-electron chi connectivity index (χ1n) is 13.2. The van der Waals surface area contributed by atoms with E-state index in [0.29, 0.717) is 0 Å². The van der Waals surface area contributed by atoms with E-state index < -0.39 is 93.3 Å². The number of anilines is 2. The van der Waals surface area contributed by atoms with Gasteiger partial charge in [-0.3, -0.25) is 37.5 Å². The van der Waals surface area contributed by atoms with Crippen LogP contribution in [0, 0.1) is 0 Å². The fourth-order valence-electron chi connectivity index (χ4n) is 4.93. The van der Waals surface area contributed by atoms with E-state index in [1.165, 1.54) is 0 Å².